The summed E-state index contributed by atoms with van der Waals surface area (Å²) in [6, 6.07) is 18.9. The molecule has 7 heteroatoms. The molecule has 0 saturated heterocycles. The van der Waals surface area contributed by atoms with Gasteiger partial charge in [0.15, 0.2) is 11.5 Å². The molecular formula is C32H39N3O4. The van der Waals surface area contributed by atoms with Gasteiger partial charge in [-0.3, -0.25) is 14.5 Å². The Balaban J connectivity index is 1.31. The van der Waals surface area contributed by atoms with E-state index < -0.39 is 0 Å². The van der Waals surface area contributed by atoms with Gasteiger partial charge in [0.2, 0.25) is 0 Å². The lowest BCUT2D eigenvalue weighted by molar-refractivity contribution is 0.0948. The van der Waals surface area contributed by atoms with Gasteiger partial charge in [-0.1, -0.05) is 44.0 Å². The highest BCUT2D eigenvalue weighted by molar-refractivity contribution is 6.09. The van der Waals surface area contributed by atoms with Crippen molar-refractivity contribution < 1.29 is 19.1 Å². The first-order chi connectivity index (χ1) is 19.0. The molecule has 0 aliphatic carbocycles. The summed E-state index contributed by atoms with van der Waals surface area (Å²) in [7, 11) is 3.30. The highest BCUT2D eigenvalue weighted by Gasteiger charge is 2.20. The molecule has 7 nitrogen and oxygen atoms in total. The molecule has 4 rings (SSSR count). The highest BCUT2D eigenvalue weighted by Crippen LogP contribution is 2.33. The van der Waals surface area contributed by atoms with E-state index in [9.17, 15) is 9.59 Å². The molecule has 3 aromatic rings. The van der Waals surface area contributed by atoms with Gasteiger partial charge < -0.3 is 20.1 Å². The molecule has 0 unspecified atom stereocenters. The summed E-state index contributed by atoms with van der Waals surface area (Å²) in [5.74, 6) is 1.05. The molecule has 206 valence electrons. The van der Waals surface area contributed by atoms with Crippen LogP contribution in [0.25, 0.3) is 0 Å². The molecule has 1 aliphatic rings. The van der Waals surface area contributed by atoms with Crippen LogP contribution in [0.2, 0.25) is 0 Å². The second-order valence-electron chi connectivity index (χ2n) is 9.91. The van der Waals surface area contributed by atoms with Crippen molar-refractivity contribution in [1.82, 2.24) is 10.2 Å². The number of benzene rings is 3. The van der Waals surface area contributed by atoms with E-state index >= 15 is 0 Å². The van der Waals surface area contributed by atoms with Crippen LogP contribution in [-0.4, -0.2) is 50.6 Å². The zero-order valence-corrected chi connectivity index (χ0v) is 23.2. The minimum absolute atomic E-state index is 0.207. The summed E-state index contributed by atoms with van der Waals surface area (Å²) in [6.45, 7) is 5.11. The van der Waals surface area contributed by atoms with Crippen molar-refractivity contribution >= 4 is 17.5 Å². The van der Waals surface area contributed by atoms with E-state index in [1.165, 1.54) is 29.5 Å². The van der Waals surface area contributed by atoms with Gasteiger partial charge in [0.1, 0.15) is 0 Å². The van der Waals surface area contributed by atoms with Crippen molar-refractivity contribution in [2.45, 2.75) is 45.6 Å². The molecule has 1 aliphatic heterocycles. The number of anilines is 1. The number of aryl methyl sites for hydroxylation is 1. The van der Waals surface area contributed by atoms with Crippen molar-refractivity contribution in [1.29, 1.82) is 0 Å². The molecule has 2 N–H and O–H groups in total. The molecule has 39 heavy (non-hydrogen) atoms. The van der Waals surface area contributed by atoms with Crippen LogP contribution in [0.4, 0.5) is 5.69 Å². The Hall–Kier alpha value is -3.84. The van der Waals surface area contributed by atoms with Gasteiger partial charge in [-0.05, 0) is 72.4 Å². The number of nitrogens with one attached hydrogen (secondary N) is 2. The van der Waals surface area contributed by atoms with Crippen LogP contribution < -0.4 is 20.1 Å². The van der Waals surface area contributed by atoms with Gasteiger partial charge in [-0.25, -0.2) is 0 Å². The van der Waals surface area contributed by atoms with Crippen molar-refractivity contribution in [3.8, 4) is 11.5 Å². The quantitative estimate of drug-likeness (QED) is 0.304. The Morgan fingerprint density at radius 3 is 2.33 bits per heavy atom. The van der Waals surface area contributed by atoms with E-state index in [1.807, 2.05) is 36.4 Å². The third kappa shape index (κ3) is 7.39. The van der Waals surface area contributed by atoms with Crippen LogP contribution in [0.15, 0.2) is 60.7 Å². The van der Waals surface area contributed by atoms with Crippen LogP contribution in [0, 0.1) is 0 Å². The van der Waals surface area contributed by atoms with E-state index in [0.29, 0.717) is 23.4 Å². The van der Waals surface area contributed by atoms with Crippen molar-refractivity contribution in [3.05, 3.63) is 88.5 Å². The fraction of sp³-hybridized carbons (Fsp3) is 0.375. The number of carbonyl (C=O) groups excluding carboxylic acids is 2. The van der Waals surface area contributed by atoms with E-state index in [4.69, 9.17) is 9.47 Å². The summed E-state index contributed by atoms with van der Waals surface area (Å²) in [6.07, 6.45) is 5.48. The molecule has 0 spiro atoms. The number of unbranched alkanes of at least 4 members (excludes halogenated alkanes) is 2. The van der Waals surface area contributed by atoms with Crippen molar-refractivity contribution in [2.24, 2.45) is 0 Å². The lowest BCUT2D eigenvalue weighted by atomic mass is 9.99. The summed E-state index contributed by atoms with van der Waals surface area (Å²) < 4.78 is 10.9. The SMILES string of the molecule is CCCCCc1ccc(C(=O)Nc2ccccc2C(=O)NCCN2CCc3cc(OC)c(OC)cc3C2)cc1. The number of amides is 2. The molecule has 0 bridgehead atoms. The van der Waals surface area contributed by atoms with Crippen LogP contribution >= 0.6 is 0 Å². The number of methoxy groups -OCH3 is 2. The van der Waals surface area contributed by atoms with Crippen LogP contribution in [0.5, 0.6) is 11.5 Å². The summed E-state index contributed by atoms with van der Waals surface area (Å²) in [4.78, 5) is 28.3. The molecule has 0 radical (unpaired) electrons. The average Bonchev–Trinajstić information content (AvgIpc) is 2.97. The molecule has 0 atom stereocenters. The molecule has 0 saturated carbocycles. The molecular weight excluding hydrogens is 490 g/mol. The number of carbonyl (C=O) groups is 2. The Kier molecular flexibility index (Phi) is 9.97. The Morgan fingerprint density at radius 2 is 1.62 bits per heavy atom. The van der Waals surface area contributed by atoms with Gasteiger partial charge >= 0.3 is 0 Å². The topological polar surface area (TPSA) is 79.9 Å². The monoisotopic (exact) mass is 529 g/mol. The average molecular weight is 530 g/mol. The van der Waals surface area contributed by atoms with Gasteiger partial charge in [0, 0.05) is 31.7 Å². The molecule has 0 fully saturated rings. The number of ether oxygens (including phenoxy) is 2. The van der Waals surface area contributed by atoms with E-state index in [-0.39, 0.29) is 11.8 Å². The molecule has 2 amide bonds. The predicted octanol–water partition coefficient (Wildman–Crippen LogP) is 5.48. The molecule has 1 heterocycles. The standard InChI is InChI=1S/C32H39N3O4/c1-4-5-6-9-23-12-14-24(15-13-23)31(36)34-28-11-8-7-10-27(28)32(37)33-17-19-35-18-16-25-20-29(38-2)30(39-3)21-26(25)22-35/h7-8,10-15,20-21H,4-6,9,16-19,22H2,1-3H3,(H,33,37)(H,34,36). The number of hydrogen-bond acceptors (Lipinski definition) is 5. The first-order valence-electron chi connectivity index (χ1n) is 13.8. The zero-order chi connectivity index (χ0) is 27.6. The number of para-hydroxylation sites is 1. The van der Waals surface area contributed by atoms with E-state index in [1.54, 1.807) is 32.4 Å². The van der Waals surface area contributed by atoms with E-state index in [2.05, 4.69) is 28.5 Å². The fourth-order valence-electron chi connectivity index (χ4n) is 4.94. The van der Waals surface area contributed by atoms with Gasteiger partial charge in [0.25, 0.3) is 11.8 Å². The fourth-order valence-corrected chi connectivity index (χ4v) is 4.94. The Labute approximate surface area is 231 Å². The normalized spacial score (nSPS) is 12.9. The third-order valence-electron chi connectivity index (χ3n) is 7.22. The summed E-state index contributed by atoms with van der Waals surface area (Å²) in [5.41, 5.74) is 5.23. The second-order valence-corrected chi connectivity index (χ2v) is 9.91. The number of hydrogen-bond donors (Lipinski definition) is 2. The predicted molar refractivity (Wildman–Crippen MR) is 155 cm³/mol. The second kappa shape index (κ2) is 13.8. The lowest BCUT2D eigenvalue weighted by Gasteiger charge is -2.29. The minimum Gasteiger partial charge on any atom is -0.493 e. The number of nitrogens with zero attached hydrogens (tertiary/aromatic N) is 1. The van der Waals surface area contributed by atoms with Gasteiger partial charge in [-0.2, -0.15) is 0 Å². The first kappa shape index (κ1) is 28.2. The number of rotatable bonds is 12. The largest absolute Gasteiger partial charge is 0.493 e. The summed E-state index contributed by atoms with van der Waals surface area (Å²) >= 11 is 0. The van der Waals surface area contributed by atoms with Gasteiger partial charge in [-0.15, -0.1) is 0 Å². The van der Waals surface area contributed by atoms with E-state index in [0.717, 1.165) is 50.4 Å². The smallest absolute Gasteiger partial charge is 0.255 e. The maximum atomic E-state index is 13.0. The van der Waals surface area contributed by atoms with Gasteiger partial charge in [0.05, 0.1) is 25.5 Å². The maximum Gasteiger partial charge on any atom is 0.255 e. The lowest BCUT2D eigenvalue weighted by Crippen LogP contribution is -2.38. The Bertz CT molecular complexity index is 1270. The molecule has 0 aromatic heterocycles. The molecule has 3 aromatic carbocycles. The summed E-state index contributed by atoms with van der Waals surface area (Å²) in [5, 5.41) is 5.94. The third-order valence-corrected chi connectivity index (χ3v) is 7.22. The van der Waals surface area contributed by atoms with Crippen LogP contribution in [-0.2, 0) is 19.4 Å². The maximum absolute atomic E-state index is 13.0. The van der Waals surface area contributed by atoms with Crippen molar-refractivity contribution in [2.75, 3.05) is 39.2 Å². The number of fused-ring (bicyclic) bond motifs is 1. The van der Waals surface area contributed by atoms with Crippen molar-refractivity contribution in [3.63, 3.8) is 0 Å². The van der Waals surface area contributed by atoms with Crippen LogP contribution in [0.1, 0.15) is 63.6 Å². The first-order valence-corrected chi connectivity index (χ1v) is 13.8. The Morgan fingerprint density at radius 1 is 0.897 bits per heavy atom. The van der Waals surface area contributed by atoms with Crippen LogP contribution in [0.3, 0.4) is 0 Å². The zero-order valence-electron chi connectivity index (χ0n) is 23.2. The highest BCUT2D eigenvalue weighted by atomic mass is 16.5. The minimum atomic E-state index is -0.227.